The van der Waals surface area contributed by atoms with Crippen LogP contribution in [0.3, 0.4) is 0 Å². The number of rotatable bonds is 1. The number of allylic oxidation sites excluding steroid dienone is 4. The van der Waals surface area contributed by atoms with Gasteiger partial charge in [-0.25, -0.2) is 0 Å². The number of carbonyl (C=O) groups is 1. The van der Waals surface area contributed by atoms with Crippen molar-refractivity contribution in [3.8, 4) is 0 Å². The Morgan fingerprint density at radius 1 is 1.10 bits per heavy atom. The lowest BCUT2D eigenvalue weighted by atomic mass is 9.48. The summed E-state index contributed by atoms with van der Waals surface area (Å²) in [6.45, 7) is 4.89. The molecule has 3 saturated carbocycles. The summed E-state index contributed by atoms with van der Waals surface area (Å²) in [7, 11) is 0. The summed E-state index contributed by atoms with van der Waals surface area (Å²) in [4.78, 5) is 12.0. The van der Waals surface area contributed by atoms with Gasteiger partial charge in [0.1, 0.15) is 0 Å². The zero-order valence-electron chi connectivity index (χ0n) is 17.4. The Morgan fingerprint density at radius 3 is 2.76 bits per heavy atom. The van der Waals surface area contributed by atoms with Crippen molar-refractivity contribution in [1.29, 1.82) is 0 Å². The first kappa shape index (κ1) is 17.7. The number of nitrogens with zero attached hydrogens (tertiary/aromatic N) is 1. The molecule has 0 radical (unpaired) electrons. The Bertz CT molecular complexity index is 960. The van der Waals surface area contributed by atoms with Crippen molar-refractivity contribution in [2.45, 2.75) is 52.0 Å². The maximum absolute atomic E-state index is 12.0. The number of fused-ring (bicyclic) bond motifs is 7. The first-order valence-corrected chi connectivity index (χ1v) is 11.3. The zero-order valence-corrected chi connectivity index (χ0v) is 17.4. The first-order chi connectivity index (χ1) is 14.0. The maximum atomic E-state index is 12.0. The highest BCUT2D eigenvalue weighted by atomic mass is 16.1. The highest BCUT2D eigenvalue weighted by Gasteiger charge is 2.62. The quantitative estimate of drug-likeness (QED) is 0.719. The molecule has 0 saturated heterocycles. The minimum Gasteiger partial charge on any atom is -0.302 e. The van der Waals surface area contributed by atoms with Crippen LogP contribution in [0.15, 0.2) is 59.2 Å². The average Bonchev–Trinajstić information content (AvgIpc) is 3.27. The van der Waals surface area contributed by atoms with Crippen LogP contribution in [0.1, 0.15) is 57.6 Å². The molecule has 1 aromatic carbocycles. The minimum absolute atomic E-state index is 0.0781. The largest absolute Gasteiger partial charge is 0.302 e. The molecular formula is C26H30N2O. The van der Waals surface area contributed by atoms with E-state index >= 15 is 0 Å². The summed E-state index contributed by atoms with van der Waals surface area (Å²) in [5, 5.41) is 4.95. The van der Waals surface area contributed by atoms with Crippen molar-refractivity contribution >= 4 is 11.5 Å². The molecule has 1 aromatic rings. The van der Waals surface area contributed by atoms with Crippen molar-refractivity contribution in [3.05, 3.63) is 59.7 Å². The van der Waals surface area contributed by atoms with E-state index in [1.807, 2.05) is 12.2 Å². The molecular weight excluding hydrogens is 356 g/mol. The average molecular weight is 387 g/mol. The SMILES string of the molecule is C[C@]12C=CC(=O)C=C1CC[C@@H]1[C@@H]2CC[C@]2(C)C3=NN[C@H](c4ccccc4)[C@H]3C[C@@H]12. The summed E-state index contributed by atoms with van der Waals surface area (Å²) in [5.41, 5.74) is 7.99. The number of nitrogens with one attached hydrogen (secondary N) is 1. The van der Waals surface area contributed by atoms with Gasteiger partial charge in [-0.3, -0.25) is 4.79 Å². The van der Waals surface area contributed by atoms with E-state index in [-0.39, 0.29) is 16.6 Å². The standard InChI is InChI=1S/C26H30N2O/c1-25-12-10-18(29)14-17(25)8-9-19-21(25)11-13-26(2)22(19)15-20-23(27-28-24(20)26)16-6-4-3-5-7-16/h3-7,10,12,14,19-23,27H,8-9,11,13,15H2,1-2H3/t19-,20-,21+,22+,23-,25+,26+/m1/s1. The second-order valence-electron chi connectivity index (χ2n) is 10.4. The van der Waals surface area contributed by atoms with Crippen LogP contribution in [0.5, 0.6) is 0 Å². The zero-order chi connectivity index (χ0) is 19.8. The van der Waals surface area contributed by atoms with Crippen LogP contribution in [0.2, 0.25) is 0 Å². The predicted molar refractivity (Wildman–Crippen MR) is 115 cm³/mol. The molecule has 3 nitrogen and oxygen atoms in total. The third-order valence-electron chi connectivity index (χ3n) is 9.28. The molecule has 1 N–H and O–H groups in total. The Kier molecular flexibility index (Phi) is 3.62. The third kappa shape index (κ3) is 2.30. The topological polar surface area (TPSA) is 41.5 Å². The van der Waals surface area contributed by atoms with Gasteiger partial charge in [0.2, 0.25) is 0 Å². The van der Waals surface area contributed by atoms with Gasteiger partial charge in [-0.15, -0.1) is 0 Å². The highest BCUT2D eigenvalue weighted by molar-refractivity contribution is 6.01. The summed E-state index contributed by atoms with van der Waals surface area (Å²) >= 11 is 0. The number of ketones is 1. The van der Waals surface area contributed by atoms with Gasteiger partial charge in [0.25, 0.3) is 0 Å². The van der Waals surface area contributed by atoms with Crippen LogP contribution in [-0.4, -0.2) is 11.5 Å². The van der Waals surface area contributed by atoms with Crippen LogP contribution in [-0.2, 0) is 4.79 Å². The summed E-state index contributed by atoms with van der Waals surface area (Å²) in [6, 6.07) is 11.2. The van der Waals surface area contributed by atoms with Gasteiger partial charge in [0.05, 0.1) is 6.04 Å². The molecule has 7 atom stereocenters. The Balaban J connectivity index is 1.34. The number of hydrazone groups is 1. The van der Waals surface area contributed by atoms with E-state index in [4.69, 9.17) is 5.10 Å². The van der Waals surface area contributed by atoms with Crippen molar-refractivity contribution in [1.82, 2.24) is 5.43 Å². The van der Waals surface area contributed by atoms with Crippen molar-refractivity contribution < 1.29 is 4.79 Å². The maximum Gasteiger partial charge on any atom is 0.178 e. The molecule has 4 aliphatic carbocycles. The Labute approximate surface area is 173 Å². The molecule has 0 aromatic heterocycles. The molecule has 0 amide bonds. The predicted octanol–water partition coefficient (Wildman–Crippen LogP) is 5.22. The second kappa shape index (κ2) is 5.93. The number of carbonyl (C=O) groups excluding carboxylic acids is 1. The van der Waals surface area contributed by atoms with E-state index in [2.05, 4.69) is 55.7 Å². The van der Waals surface area contributed by atoms with Gasteiger partial charge >= 0.3 is 0 Å². The normalized spacial score (nSPS) is 44.8. The molecule has 0 unspecified atom stereocenters. The molecule has 6 rings (SSSR count). The molecule has 0 bridgehead atoms. The van der Waals surface area contributed by atoms with Gasteiger partial charge in [0, 0.05) is 22.5 Å². The van der Waals surface area contributed by atoms with Crippen LogP contribution in [0.4, 0.5) is 0 Å². The lowest BCUT2D eigenvalue weighted by molar-refractivity contribution is -0.111. The molecule has 1 aliphatic heterocycles. The number of benzene rings is 1. The summed E-state index contributed by atoms with van der Waals surface area (Å²) in [5.74, 6) is 2.81. The van der Waals surface area contributed by atoms with Crippen LogP contribution < -0.4 is 5.43 Å². The fourth-order valence-corrected chi connectivity index (χ4v) is 7.78. The fourth-order valence-electron chi connectivity index (χ4n) is 7.78. The molecule has 150 valence electrons. The molecule has 3 fully saturated rings. The van der Waals surface area contributed by atoms with Crippen molar-refractivity contribution in [3.63, 3.8) is 0 Å². The first-order valence-electron chi connectivity index (χ1n) is 11.3. The minimum atomic E-state index is 0.0781. The molecule has 1 heterocycles. The highest BCUT2D eigenvalue weighted by Crippen LogP contribution is 2.66. The van der Waals surface area contributed by atoms with E-state index in [9.17, 15) is 4.79 Å². The van der Waals surface area contributed by atoms with Gasteiger partial charge < -0.3 is 5.43 Å². The molecule has 0 spiro atoms. The van der Waals surface area contributed by atoms with E-state index in [1.165, 1.54) is 42.5 Å². The Hall–Kier alpha value is -2.16. The second-order valence-corrected chi connectivity index (χ2v) is 10.4. The van der Waals surface area contributed by atoms with Gasteiger partial charge in [-0.2, -0.15) is 5.10 Å². The van der Waals surface area contributed by atoms with Gasteiger partial charge in [-0.1, -0.05) is 55.8 Å². The lowest BCUT2D eigenvalue weighted by Crippen LogP contribution is -2.49. The lowest BCUT2D eigenvalue weighted by Gasteiger charge is -2.56. The van der Waals surface area contributed by atoms with E-state index in [0.717, 1.165) is 12.3 Å². The van der Waals surface area contributed by atoms with Crippen LogP contribution in [0.25, 0.3) is 0 Å². The number of hydrogen-bond acceptors (Lipinski definition) is 3. The molecule has 5 aliphatic rings. The van der Waals surface area contributed by atoms with Crippen molar-refractivity contribution in [2.24, 2.45) is 39.6 Å². The fraction of sp³-hybridized carbons (Fsp3) is 0.538. The van der Waals surface area contributed by atoms with Gasteiger partial charge in [0.15, 0.2) is 5.78 Å². The van der Waals surface area contributed by atoms with Crippen molar-refractivity contribution in [2.75, 3.05) is 0 Å². The van der Waals surface area contributed by atoms with Crippen LogP contribution in [0, 0.1) is 34.5 Å². The van der Waals surface area contributed by atoms with E-state index < -0.39 is 0 Å². The summed E-state index contributed by atoms with van der Waals surface area (Å²) in [6.07, 6.45) is 12.0. The van der Waals surface area contributed by atoms with E-state index in [1.54, 1.807) is 0 Å². The third-order valence-corrected chi connectivity index (χ3v) is 9.28. The number of hydrogen-bond donors (Lipinski definition) is 1. The van der Waals surface area contributed by atoms with Crippen LogP contribution >= 0.6 is 0 Å². The van der Waals surface area contributed by atoms with E-state index in [0.29, 0.717) is 23.8 Å². The monoisotopic (exact) mass is 386 g/mol. The molecule has 3 heteroatoms. The Morgan fingerprint density at radius 2 is 1.93 bits per heavy atom. The summed E-state index contributed by atoms with van der Waals surface area (Å²) < 4.78 is 0. The molecule has 29 heavy (non-hydrogen) atoms. The smallest absolute Gasteiger partial charge is 0.178 e. The van der Waals surface area contributed by atoms with Gasteiger partial charge in [-0.05, 0) is 67.6 Å².